The fraction of sp³-hybridized carbons (Fsp3) is 0.348. The summed E-state index contributed by atoms with van der Waals surface area (Å²) in [5.41, 5.74) is 2.95. The standard InChI is InChI=1S/C23H24ClN3O3S/c1-15-3-8-19(24)21-20(15)25-23(31-21)27(10-9-26-11-13-30-14-12-26)22(29)18-6-4-17(5-7-18)16(2)28/h3-8H,9-14H2,1-2H3. The molecular weight excluding hydrogens is 434 g/mol. The lowest BCUT2D eigenvalue weighted by molar-refractivity contribution is 0.0391. The zero-order chi connectivity index (χ0) is 22.0. The van der Waals surface area contributed by atoms with Crippen LogP contribution in [0.5, 0.6) is 0 Å². The van der Waals surface area contributed by atoms with Crippen LogP contribution in [0.1, 0.15) is 33.2 Å². The number of hydrogen-bond acceptors (Lipinski definition) is 6. The number of carbonyl (C=O) groups excluding carboxylic acids is 2. The molecule has 1 aliphatic rings. The highest BCUT2D eigenvalue weighted by molar-refractivity contribution is 7.23. The summed E-state index contributed by atoms with van der Waals surface area (Å²) in [7, 11) is 0. The number of halogens is 1. The molecule has 0 saturated carbocycles. The first-order valence-corrected chi connectivity index (χ1v) is 11.4. The topological polar surface area (TPSA) is 62.7 Å². The van der Waals surface area contributed by atoms with Crippen LogP contribution in [0.25, 0.3) is 10.2 Å². The van der Waals surface area contributed by atoms with Gasteiger partial charge in [0.2, 0.25) is 0 Å². The highest BCUT2D eigenvalue weighted by atomic mass is 35.5. The Morgan fingerprint density at radius 3 is 2.45 bits per heavy atom. The van der Waals surface area contributed by atoms with Gasteiger partial charge in [0.05, 0.1) is 28.5 Å². The highest BCUT2D eigenvalue weighted by Crippen LogP contribution is 2.36. The summed E-state index contributed by atoms with van der Waals surface area (Å²) >= 11 is 7.83. The largest absolute Gasteiger partial charge is 0.379 e. The quantitative estimate of drug-likeness (QED) is 0.512. The van der Waals surface area contributed by atoms with E-state index in [9.17, 15) is 9.59 Å². The van der Waals surface area contributed by atoms with Crippen LogP contribution >= 0.6 is 22.9 Å². The van der Waals surface area contributed by atoms with E-state index in [0.717, 1.165) is 35.4 Å². The van der Waals surface area contributed by atoms with Crippen LogP contribution in [0.2, 0.25) is 5.02 Å². The van der Waals surface area contributed by atoms with E-state index >= 15 is 0 Å². The van der Waals surface area contributed by atoms with E-state index in [1.165, 1.54) is 18.3 Å². The van der Waals surface area contributed by atoms with Gasteiger partial charge in [-0.05, 0) is 37.6 Å². The van der Waals surface area contributed by atoms with Crippen molar-refractivity contribution in [2.75, 3.05) is 44.3 Å². The number of carbonyl (C=O) groups is 2. The van der Waals surface area contributed by atoms with Crippen molar-refractivity contribution >= 4 is 50.0 Å². The van der Waals surface area contributed by atoms with Gasteiger partial charge in [0.25, 0.3) is 5.91 Å². The van der Waals surface area contributed by atoms with E-state index in [2.05, 4.69) is 4.90 Å². The molecule has 0 spiro atoms. The zero-order valence-corrected chi connectivity index (χ0v) is 19.1. The van der Waals surface area contributed by atoms with Crippen molar-refractivity contribution in [2.45, 2.75) is 13.8 Å². The van der Waals surface area contributed by atoms with Crippen molar-refractivity contribution in [3.05, 3.63) is 58.1 Å². The van der Waals surface area contributed by atoms with Crippen molar-refractivity contribution < 1.29 is 14.3 Å². The van der Waals surface area contributed by atoms with Gasteiger partial charge < -0.3 is 4.74 Å². The first-order valence-electron chi connectivity index (χ1n) is 10.2. The van der Waals surface area contributed by atoms with E-state index in [1.54, 1.807) is 29.2 Å². The monoisotopic (exact) mass is 457 g/mol. The molecule has 31 heavy (non-hydrogen) atoms. The molecule has 0 atom stereocenters. The van der Waals surface area contributed by atoms with Gasteiger partial charge in [0, 0.05) is 37.3 Å². The molecule has 1 fully saturated rings. The second-order valence-electron chi connectivity index (χ2n) is 7.58. The maximum atomic E-state index is 13.5. The number of morpholine rings is 1. The van der Waals surface area contributed by atoms with E-state index < -0.39 is 0 Å². The highest BCUT2D eigenvalue weighted by Gasteiger charge is 2.24. The Hall–Kier alpha value is -2.32. The number of anilines is 1. The molecule has 3 aromatic rings. The number of rotatable bonds is 6. The SMILES string of the molecule is CC(=O)c1ccc(C(=O)N(CCN2CCOCC2)c2nc3c(C)ccc(Cl)c3s2)cc1. The average Bonchev–Trinajstić information content (AvgIpc) is 3.24. The average molecular weight is 458 g/mol. The molecular formula is C23H24ClN3O3S. The Kier molecular flexibility index (Phi) is 6.67. The number of nitrogens with zero attached hydrogens (tertiary/aromatic N) is 3. The van der Waals surface area contributed by atoms with Crippen LogP contribution < -0.4 is 4.90 Å². The van der Waals surface area contributed by atoms with Crippen LogP contribution in [-0.2, 0) is 4.74 Å². The number of thiazole rings is 1. The second kappa shape index (κ2) is 9.44. The second-order valence-corrected chi connectivity index (χ2v) is 8.97. The van der Waals surface area contributed by atoms with Crippen molar-refractivity contribution in [2.24, 2.45) is 0 Å². The summed E-state index contributed by atoms with van der Waals surface area (Å²) in [6.45, 7) is 7.83. The van der Waals surface area contributed by atoms with Gasteiger partial charge in [-0.2, -0.15) is 0 Å². The molecule has 1 amide bonds. The Labute approximate surface area is 190 Å². The minimum atomic E-state index is -0.142. The molecule has 0 unspecified atom stereocenters. The van der Waals surface area contributed by atoms with Gasteiger partial charge in [-0.1, -0.05) is 41.1 Å². The maximum absolute atomic E-state index is 13.5. The van der Waals surface area contributed by atoms with Gasteiger partial charge in [-0.25, -0.2) is 4.98 Å². The van der Waals surface area contributed by atoms with Crippen LogP contribution in [0.4, 0.5) is 5.13 Å². The van der Waals surface area contributed by atoms with Crippen LogP contribution in [0.15, 0.2) is 36.4 Å². The number of hydrogen-bond donors (Lipinski definition) is 0. The predicted octanol–water partition coefficient (Wildman–Crippen LogP) is 4.44. The first kappa shape index (κ1) is 21.9. The Balaban J connectivity index is 1.66. The van der Waals surface area contributed by atoms with E-state index in [4.69, 9.17) is 21.3 Å². The molecule has 0 bridgehead atoms. The Morgan fingerprint density at radius 2 is 1.81 bits per heavy atom. The molecule has 8 heteroatoms. The summed E-state index contributed by atoms with van der Waals surface area (Å²) in [5.74, 6) is -0.171. The smallest absolute Gasteiger partial charge is 0.260 e. The number of Topliss-reactive ketones (excluding diaryl/α,β-unsaturated/α-hetero) is 1. The number of aryl methyl sites for hydroxylation is 1. The number of aromatic nitrogens is 1. The minimum absolute atomic E-state index is 0.0283. The third-order valence-corrected chi connectivity index (χ3v) is 6.98. The molecule has 0 N–H and O–H groups in total. The lowest BCUT2D eigenvalue weighted by Gasteiger charge is -2.29. The molecule has 2 heterocycles. The van der Waals surface area contributed by atoms with Gasteiger partial charge in [-0.15, -0.1) is 0 Å². The molecule has 1 saturated heterocycles. The van der Waals surface area contributed by atoms with Crippen LogP contribution in [0.3, 0.4) is 0 Å². The molecule has 1 aromatic heterocycles. The Morgan fingerprint density at radius 1 is 1.13 bits per heavy atom. The van der Waals surface area contributed by atoms with Gasteiger partial charge >= 0.3 is 0 Å². The van der Waals surface area contributed by atoms with Gasteiger partial charge in [-0.3, -0.25) is 19.4 Å². The van der Waals surface area contributed by atoms with E-state index in [0.29, 0.717) is 41.0 Å². The summed E-state index contributed by atoms with van der Waals surface area (Å²) in [6, 6.07) is 10.6. The molecule has 2 aromatic carbocycles. The summed E-state index contributed by atoms with van der Waals surface area (Å²) in [5, 5.41) is 1.26. The number of amides is 1. The Bertz CT molecular complexity index is 1070. The minimum Gasteiger partial charge on any atom is -0.379 e. The lowest BCUT2D eigenvalue weighted by atomic mass is 10.1. The molecule has 4 rings (SSSR count). The fourth-order valence-electron chi connectivity index (χ4n) is 3.56. The van der Waals surface area contributed by atoms with Crippen molar-refractivity contribution in [1.82, 2.24) is 9.88 Å². The van der Waals surface area contributed by atoms with Crippen LogP contribution in [-0.4, -0.2) is 61.0 Å². The summed E-state index contributed by atoms with van der Waals surface area (Å²) in [4.78, 5) is 33.8. The summed E-state index contributed by atoms with van der Waals surface area (Å²) in [6.07, 6.45) is 0. The van der Waals surface area contributed by atoms with Gasteiger partial charge in [0.1, 0.15) is 0 Å². The molecule has 0 radical (unpaired) electrons. The number of ether oxygens (including phenoxy) is 1. The predicted molar refractivity (Wildman–Crippen MR) is 125 cm³/mol. The molecule has 162 valence electrons. The van der Waals surface area contributed by atoms with E-state index in [-0.39, 0.29) is 11.7 Å². The first-order chi connectivity index (χ1) is 14.9. The molecule has 0 aliphatic carbocycles. The summed E-state index contributed by atoms with van der Waals surface area (Å²) < 4.78 is 6.31. The molecule has 6 nitrogen and oxygen atoms in total. The van der Waals surface area contributed by atoms with Crippen LogP contribution in [0, 0.1) is 6.92 Å². The number of ketones is 1. The zero-order valence-electron chi connectivity index (χ0n) is 17.6. The fourth-order valence-corrected chi connectivity index (χ4v) is 4.90. The number of benzene rings is 2. The number of fused-ring (bicyclic) bond motifs is 1. The third kappa shape index (κ3) is 4.80. The van der Waals surface area contributed by atoms with Crippen molar-refractivity contribution in [1.29, 1.82) is 0 Å². The normalized spacial score (nSPS) is 14.7. The van der Waals surface area contributed by atoms with Crippen molar-refractivity contribution in [3.63, 3.8) is 0 Å². The van der Waals surface area contributed by atoms with E-state index in [1.807, 2.05) is 19.1 Å². The molecule has 1 aliphatic heterocycles. The van der Waals surface area contributed by atoms with Crippen molar-refractivity contribution in [3.8, 4) is 0 Å². The third-order valence-electron chi connectivity index (χ3n) is 5.44. The van der Waals surface area contributed by atoms with Gasteiger partial charge in [0.15, 0.2) is 10.9 Å². The maximum Gasteiger partial charge on any atom is 0.260 e. The lowest BCUT2D eigenvalue weighted by Crippen LogP contribution is -2.43.